The van der Waals surface area contributed by atoms with E-state index in [1.807, 2.05) is 30.3 Å². The largest absolute Gasteiger partial charge is 0.394 e. The van der Waals surface area contributed by atoms with Gasteiger partial charge in [-0.25, -0.2) is 0 Å². The molecule has 1 rings (SSSR count). The molecule has 0 radical (unpaired) electrons. The summed E-state index contributed by atoms with van der Waals surface area (Å²) < 4.78 is 0. The molecule has 4 heteroatoms. The van der Waals surface area contributed by atoms with E-state index >= 15 is 0 Å². The van der Waals surface area contributed by atoms with E-state index in [2.05, 4.69) is 5.32 Å². The smallest absolute Gasteiger partial charge is 0.236 e. The Morgan fingerprint density at radius 2 is 2.06 bits per heavy atom. The summed E-state index contributed by atoms with van der Waals surface area (Å²) >= 11 is 0. The summed E-state index contributed by atoms with van der Waals surface area (Å²) in [5, 5.41) is 11.9. The Morgan fingerprint density at radius 1 is 1.44 bits per heavy atom. The maximum Gasteiger partial charge on any atom is 0.236 e. The van der Waals surface area contributed by atoms with Crippen LogP contribution in [0.3, 0.4) is 0 Å². The van der Waals surface area contributed by atoms with Gasteiger partial charge in [-0.2, -0.15) is 0 Å². The maximum atomic E-state index is 11.4. The van der Waals surface area contributed by atoms with E-state index < -0.39 is 6.04 Å². The van der Waals surface area contributed by atoms with Crippen molar-refractivity contribution in [2.24, 2.45) is 5.73 Å². The summed E-state index contributed by atoms with van der Waals surface area (Å²) in [7, 11) is 0. The Labute approximate surface area is 95.5 Å². The van der Waals surface area contributed by atoms with Crippen molar-refractivity contribution in [2.45, 2.75) is 25.4 Å². The molecule has 0 unspecified atom stereocenters. The minimum Gasteiger partial charge on any atom is -0.394 e. The van der Waals surface area contributed by atoms with Gasteiger partial charge in [0.1, 0.15) is 0 Å². The van der Waals surface area contributed by atoms with Crippen LogP contribution in [0.1, 0.15) is 12.5 Å². The van der Waals surface area contributed by atoms with Gasteiger partial charge >= 0.3 is 0 Å². The van der Waals surface area contributed by atoms with Crippen LogP contribution in [0.4, 0.5) is 0 Å². The second-order valence-corrected chi connectivity index (χ2v) is 3.87. The molecule has 1 aromatic rings. The molecule has 0 aliphatic rings. The third kappa shape index (κ3) is 4.00. The number of benzene rings is 1. The van der Waals surface area contributed by atoms with Crippen LogP contribution in [0, 0.1) is 0 Å². The van der Waals surface area contributed by atoms with Gasteiger partial charge in [0.15, 0.2) is 0 Å². The van der Waals surface area contributed by atoms with E-state index in [1.165, 1.54) is 0 Å². The molecule has 1 amide bonds. The summed E-state index contributed by atoms with van der Waals surface area (Å²) in [6, 6.07) is 8.87. The zero-order chi connectivity index (χ0) is 12.0. The van der Waals surface area contributed by atoms with Gasteiger partial charge in [0.2, 0.25) is 5.91 Å². The molecule has 0 aliphatic heterocycles. The molecular formula is C12H18N2O2. The molecule has 0 spiro atoms. The molecule has 0 saturated carbocycles. The molecule has 4 nitrogen and oxygen atoms in total. The van der Waals surface area contributed by atoms with Crippen LogP contribution in [0.15, 0.2) is 30.3 Å². The van der Waals surface area contributed by atoms with E-state index in [0.29, 0.717) is 6.42 Å². The number of aliphatic hydroxyl groups is 1. The molecule has 16 heavy (non-hydrogen) atoms. The highest BCUT2D eigenvalue weighted by Crippen LogP contribution is 2.02. The van der Waals surface area contributed by atoms with Crippen molar-refractivity contribution in [3.05, 3.63) is 35.9 Å². The van der Waals surface area contributed by atoms with Crippen molar-refractivity contribution in [3.8, 4) is 0 Å². The summed E-state index contributed by atoms with van der Waals surface area (Å²) in [6.07, 6.45) is 0.607. The Bertz CT molecular complexity index is 325. The van der Waals surface area contributed by atoms with E-state index in [-0.39, 0.29) is 18.6 Å². The van der Waals surface area contributed by atoms with Crippen molar-refractivity contribution >= 4 is 5.91 Å². The number of nitrogens with one attached hydrogen (secondary N) is 1. The van der Waals surface area contributed by atoms with Crippen LogP contribution in [0.25, 0.3) is 0 Å². The topological polar surface area (TPSA) is 75.4 Å². The van der Waals surface area contributed by atoms with Crippen molar-refractivity contribution in [2.75, 3.05) is 6.61 Å². The van der Waals surface area contributed by atoms with Crippen LogP contribution in [-0.2, 0) is 11.2 Å². The molecule has 88 valence electrons. The zero-order valence-electron chi connectivity index (χ0n) is 9.39. The molecule has 2 atom stereocenters. The lowest BCUT2D eigenvalue weighted by Gasteiger charge is -2.17. The summed E-state index contributed by atoms with van der Waals surface area (Å²) in [4.78, 5) is 11.4. The molecular weight excluding hydrogens is 204 g/mol. The highest BCUT2D eigenvalue weighted by atomic mass is 16.3. The first-order valence-corrected chi connectivity index (χ1v) is 5.34. The minimum absolute atomic E-state index is 0.0899. The maximum absolute atomic E-state index is 11.4. The standard InChI is InChI=1S/C12H18N2O2/c1-9(13)12(16)14-11(8-15)7-10-5-3-2-4-6-10/h2-6,9,11,15H,7-8,13H2,1H3,(H,14,16)/t9-,11-/m0/s1. The van der Waals surface area contributed by atoms with Crippen molar-refractivity contribution in [1.82, 2.24) is 5.32 Å². The van der Waals surface area contributed by atoms with Crippen molar-refractivity contribution < 1.29 is 9.90 Å². The van der Waals surface area contributed by atoms with Crippen LogP contribution in [0.2, 0.25) is 0 Å². The highest BCUT2D eigenvalue weighted by molar-refractivity contribution is 5.81. The van der Waals surface area contributed by atoms with Crippen molar-refractivity contribution in [3.63, 3.8) is 0 Å². The predicted molar refractivity (Wildman–Crippen MR) is 62.8 cm³/mol. The quantitative estimate of drug-likeness (QED) is 0.659. The molecule has 4 N–H and O–H groups in total. The Balaban J connectivity index is 2.53. The number of hydrogen-bond donors (Lipinski definition) is 3. The van der Waals surface area contributed by atoms with E-state index in [4.69, 9.17) is 10.8 Å². The summed E-state index contributed by atoms with van der Waals surface area (Å²) in [5.74, 6) is -0.241. The fourth-order valence-corrected chi connectivity index (χ4v) is 1.39. The van der Waals surface area contributed by atoms with Gasteiger partial charge in [-0.15, -0.1) is 0 Å². The molecule has 1 aromatic carbocycles. The Kier molecular flexibility index (Phi) is 4.95. The van der Waals surface area contributed by atoms with Gasteiger partial charge in [0, 0.05) is 0 Å². The Morgan fingerprint density at radius 3 is 2.56 bits per heavy atom. The molecule has 0 aliphatic carbocycles. The lowest BCUT2D eigenvalue weighted by molar-refractivity contribution is -0.123. The highest BCUT2D eigenvalue weighted by Gasteiger charge is 2.14. The first kappa shape index (κ1) is 12.7. The van der Waals surface area contributed by atoms with E-state index in [0.717, 1.165) is 5.56 Å². The molecule has 0 bridgehead atoms. The minimum atomic E-state index is -0.551. The lowest BCUT2D eigenvalue weighted by Crippen LogP contribution is -2.46. The van der Waals surface area contributed by atoms with Crippen LogP contribution < -0.4 is 11.1 Å². The Hall–Kier alpha value is -1.39. The monoisotopic (exact) mass is 222 g/mol. The lowest BCUT2D eigenvalue weighted by atomic mass is 10.1. The number of nitrogens with two attached hydrogens (primary N) is 1. The third-order valence-electron chi connectivity index (χ3n) is 2.31. The molecule has 0 heterocycles. The predicted octanol–water partition coefficient (Wildman–Crippen LogP) is 0.0534. The normalized spacial score (nSPS) is 14.2. The van der Waals surface area contributed by atoms with Gasteiger partial charge < -0.3 is 16.2 Å². The number of rotatable bonds is 5. The number of aliphatic hydroxyl groups excluding tert-OH is 1. The van der Waals surface area contributed by atoms with E-state index in [1.54, 1.807) is 6.92 Å². The van der Waals surface area contributed by atoms with Gasteiger partial charge in [-0.1, -0.05) is 30.3 Å². The van der Waals surface area contributed by atoms with Gasteiger partial charge in [0.05, 0.1) is 18.7 Å². The van der Waals surface area contributed by atoms with Gasteiger partial charge in [0.25, 0.3) is 0 Å². The number of amides is 1. The summed E-state index contributed by atoms with van der Waals surface area (Å²) in [5.41, 5.74) is 6.51. The van der Waals surface area contributed by atoms with Crippen molar-refractivity contribution in [1.29, 1.82) is 0 Å². The molecule has 0 aromatic heterocycles. The second-order valence-electron chi connectivity index (χ2n) is 3.87. The zero-order valence-corrected chi connectivity index (χ0v) is 9.39. The summed E-state index contributed by atoms with van der Waals surface area (Å²) in [6.45, 7) is 1.53. The van der Waals surface area contributed by atoms with Crippen LogP contribution >= 0.6 is 0 Å². The van der Waals surface area contributed by atoms with E-state index in [9.17, 15) is 4.79 Å². The third-order valence-corrected chi connectivity index (χ3v) is 2.31. The number of carbonyl (C=O) groups excluding carboxylic acids is 1. The molecule has 0 saturated heterocycles. The molecule has 0 fully saturated rings. The number of carbonyl (C=O) groups is 1. The first-order valence-electron chi connectivity index (χ1n) is 5.34. The van der Waals surface area contributed by atoms with Gasteiger partial charge in [-0.05, 0) is 18.9 Å². The first-order chi connectivity index (χ1) is 7.63. The fraction of sp³-hybridized carbons (Fsp3) is 0.417. The average Bonchev–Trinajstić information content (AvgIpc) is 2.29. The average molecular weight is 222 g/mol. The number of hydrogen-bond acceptors (Lipinski definition) is 3. The SMILES string of the molecule is C[C@H](N)C(=O)N[C@H](CO)Cc1ccccc1. The van der Waals surface area contributed by atoms with Crippen LogP contribution in [0.5, 0.6) is 0 Å². The second kappa shape index (κ2) is 6.25. The van der Waals surface area contributed by atoms with Gasteiger partial charge in [-0.3, -0.25) is 4.79 Å². The fourth-order valence-electron chi connectivity index (χ4n) is 1.39. The van der Waals surface area contributed by atoms with Crippen LogP contribution in [-0.4, -0.2) is 29.7 Å².